The van der Waals surface area contributed by atoms with Crippen LogP contribution in [0, 0.1) is 0 Å². The second-order valence-electron chi connectivity index (χ2n) is 18.3. The summed E-state index contributed by atoms with van der Waals surface area (Å²) in [6.07, 6.45) is 89.6. The number of hydrogen-bond acceptors (Lipinski definition) is 5. The van der Waals surface area contributed by atoms with Gasteiger partial charge in [0.1, 0.15) is 6.61 Å². The molecule has 70 heavy (non-hydrogen) atoms. The van der Waals surface area contributed by atoms with Crippen LogP contribution in [-0.2, 0) is 19.1 Å². The Bertz CT molecular complexity index is 1510. The van der Waals surface area contributed by atoms with Crippen LogP contribution in [0.15, 0.2) is 146 Å². The lowest BCUT2D eigenvalue weighted by Crippen LogP contribution is -2.28. The minimum absolute atomic E-state index is 0.0995. The van der Waals surface area contributed by atoms with Crippen molar-refractivity contribution >= 4 is 11.9 Å². The van der Waals surface area contributed by atoms with Gasteiger partial charge in [0.05, 0.1) is 6.61 Å². The third kappa shape index (κ3) is 56.4. The van der Waals surface area contributed by atoms with Crippen molar-refractivity contribution in [3.05, 3.63) is 146 Å². The number of aliphatic hydroxyl groups is 1. The van der Waals surface area contributed by atoms with Gasteiger partial charge in [-0.3, -0.25) is 9.59 Å². The Labute approximate surface area is 431 Å². The summed E-state index contributed by atoms with van der Waals surface area (Å²) in [4.78, 5) is 24.5. The van der Waals surface area contributed by atoms with E-state index in [1.54, 1.807) is 0 Å². The molecule has 0 amide bonds. The molecule has 5 nitrogen and oxygen atoms in total. The zero-order chi connectivity index (χ0) is 50.6. The Morgan fingerprint density at radius 3 is 0.971 bits per heavy atom. The average molecular weight is 966 g/mol. The molecule has 394 valence electrons. The average Bonchev–Trinajstić information content (AvgIpc) is 3.36. The zero-order valence-corrected chi connectivity index (χ0v) is 45.0. The van der Waals surface area contributed by atoms with Crippen LogP contribution < -0.4 is 0 Å². The van der Waals surface area contributed by atoms with Crippen LogP contribution in [0.4, 0.5) is 0 Å². The zero-order valence-electron chi connectivity index (χ0n) is 45.0. The van der Waals surface area contributed by atoms with Gasteiger partial charge in [-0.2, -0.15) is 0 Å². The van der Waals surface area contributed by atoms with Crippen molar-refractivity contribution in [3.8, 4) is 0 Å². The molecule has 1 atom stereocenters. The van der Waals surface area contributed by atoms with Crippen LogP contribution in [0.25, 0.3) is 0 Å². The second-order valence-corrected chi connectivity index (χ2v) is 18.3. The van der Waals surface area contributed by atoms with Crippen molar-refractivity contribution < 1.29 is 24.2 Å². The van der Waals surface area contributed by atoms with Gasteiger partial charge in [0.15, 0.2) is 6.10 Å². The SMILES string of the molecule is CC/C=C\C/C=C\C/C=C\C/C=C\C/C=C\C/C=C\C/C=C\C/C=C\C/C=C\CCCC(=O)OC(CO)COC(=O)CCCCCCCCCCCCCC/C=C\C/C=C\C/C=C\CCCCCCC. The van der Waals surface area contributed by atoms with Gasteiger partial charge in [-0.1, -0.05) is 250 Å². The van der Waals surface area contributed by atoms with Crippen LogP contribution >= 0.6 is 0 Å². The van der Waals surface area contributed by atoms with Crippen molar-refractivity contribution in [2.24, 2.45) is 0 Å². The van der Waals surface area contributed by atoms with Gasteiger partial charge in [0.2, 0.25) is 0 Å². The van der Waals surface area contributed by atoms with Crippen molar-refractivity contribution in [2.45, 2.75) is 238 Å². The van der Waals surface area contributed by atoms with E-state index in [4.69, 9.17) is 9.47 Å². The Morgan fingerprint density at radius 1 is 0.343 bits per heavy atom. The molecule has 0 spiro atoms. The van der Waals surface area contributed by atoms with E-state index in [1.807, 2.05) is 0 Å². The number of unbranched alkanes of at least 4 members (excludes halogenated alkanes) is 18. The molecule has 0 aliphatic rings. The lowest BCUT2D eigenvalue weighted by atomic mass is 10.0. The molecule has 0 bridgehead atoms. The van der Waals surface area contributed by atoms with Gasteiger partial charge in [-0.05, 0) is 116 Å². The highest BCUT2D eigenvalue weighted by Crippen LogP contribution is 2.14. The largest absolute Gasteiger partial charge is 0.462 e. The first kappa shape index (κ1) is 65.8. The normalized spacial score (nSPS) is 13.4. The van der Waals surface area contributed by atoms with E-state index in [1.165, 1.54) is 103 Å². The molecule has 1 N–H and O–H groups in total. The summed E-state index contributed by atoms with van der Waals surface area (Å²) in [5.41, 5.74) is 0. The topological polar surface area (TPSA) is 72.8 Å². The van der Waals surface area contributed by atoms with E-state index in [9.17, 15) is 14.7 Å². The highest BCUT2D eigenvalue weighted by atomic mass is 16.6. The van der Waals surface area contributed by atoms with E-state index in [0.29, 0.717) is 12.8 Å². The van der Waals surface area contributed by atoms with Gasteiger partial charge in [0.25, 0.3) is 0 Å². The first-order valence-corrected chi connectivity index (χ1v) is 28.4. The fourth-order valence-corrected chi connectivity index (χ4v) is 7.39. The Hall–Kier alpha value is -4.22. The molecular formula is C65H104O5. The number of hydrogen-bond donors (Lipinski definition) is 1. The number of rotatable bonds is 50. The maximum absolute atomic E-state index is 12.3. The van der Waals surface area contributed by atoms with Gasteiger partial charge >= 0.3 is 11.9 Å². The summed E-state index contributed by atoms with van der Waals surface area (Å²) in [7, 11) is 0. The van der Waals surface area contributed by atoms with E-state index in [-0.39, 0.29) is 31.6 Å². The summed E-state index contributed by atoms with van der Waals surface area (Å²) in [6, 6.07) is 0. The minimum Gasteiger partial charge on any atom is -0.462 e. The molecule has 0 aliphatic carbocycles. The number of allylic oxidation sites excluding steroid dienone is 24. The number of ether oxygens (including phenoxy) is 2. The predicted molar refractivity (Wildman–Crippen MR) is 306 cm³/mol. The van der Waals surface area contributed by atoms with E-state index < -0.39 is 6.10 Å². The van der Waals surface area contributed by atoms with Crippen molar-refractivity contribution in [1.29, 1.82) is 0 Å². The van der Waals surface area contributed by atoms with Gasteiger partial charge in [0, 0.05) is 12.8 Å². The standard InChI is InChI=1S/C65H104O5/c1-3-5-7-9-11-13-15-17-19-21-23-25-27-29-31-32-34-36-38-40-42-44-46-48-50-52-54-56-58-60-65(68)70-63(61-66)62-69-64(67)59-57-55-53-51-49-47-45-43-41-39-37-35-33-30-28-26-24-22-20-18-16-14-12-10-8-6-4-2/h5,7,11,13,16-19,22-25,28-31,34,36,40,42,46,48,52,54,63,66H,3-4,6,8-10,12,14-15,20-21,26-27,32-33,35,37-39,41,43-45,47,49-51,53,55-62H2,1-2H3/b7-5-,13-11-,18-16-,19-17-,24-22-,25-23-,30-28-,31-29-,36-34-,42-40-,48-46-,54-52-. The summed E-state index contributed by atoms with van der Waals surface area (Å²) in [5.74, 6) is -0.671. The molecule has 0 fully saturated rings. The molecule has 0 saturated heterocycles. The summed E-state index contributed by atoms with van der Waals surface area (Å²) >= 11 is 0. The highest BCUT2D eigenvalue weighted by Gasteiger charge is 2.16. The van der Waals surface area contributed by atoms with Crippen molar-refractivity contribution in [1.82, 2.24) is 0 Å². The lowest BCUT2D eigenvalue weighted by Gasteiger charge is -2.15. The maximum atomic E-state index is 12.3. The van der Waals surface area contributed by atoms with E-state index in [0.717, 1.165) is 96.3 Å². The maximum Gasteiger partial charge on any atom is 0.306 e. The Kier molecular flexibility index (Phi) is 55.5. The number of carbonyl (C=O) groups is 2. The van der Waals surface area contributed by atoms with Gasteiger partial charge in [-0.15, -0.1) is 0 Å². The number of esters is 2. The Balaban J connectivity index is 3.66. The molecule has 1 unspecified atom stereocenters. The lowest BCUT2D eigenvalue weighted by molar-refractivity contribution is -0.161. The van der Waals surface area contributed by atoms with E-state index in [2.05, 4.69) is 160 Å². The fourth-order valence-electron chi connectivity index (χ4n) is 7.39. The minimum atomic E-state index is -0.816. The van der Waals surface area contributed by atoms with Crippen LogP contribution in [0.1, 0.15) is 232 Å². The van der Waals surface area contributed by atoms with E-state index >= 15 is 0 Å². The predicted octanol–water partition coefficient (Wildman–Crippen LogP) is 19.4. The van der Waals surface area contributed by atoms with Crippen molar-refractivity contribution in [3.63, 3.8) is 0 Å². The first-order chi connectivity index (χ1) is 34.6. The van der Waals surface area contributed by atoms with Crippen LogP contribution in [0.5, 0.6) is 0 Å². The van der Waals surface area contributed by atoms with Crippen molar-refractivity contribution in [2.75, 3.05) is 13.2 Å². The van der Waals surface area contributed by atoms with Crippen LogP contribution in [0.2, 0.25) is 0 Å². The molecule has 0 aromatic heterocycles. The number of aliphatic hydroxyl groups excluding tert-OH is 1. The molecule has 5 heteroatoms. The fraction of sp³-hybridized carbons (Fsp3) is 0.600. The molecule has 0 aromatic carbocycles. The second kappa shape index (κ2) is 59.1. The van der Waals surface area contributed by atoms with Crippen LogP contribution in [-0.4, -0.2) is 36.4 Å². The molecule has 0 aromatic rings. The van der Waals surface area contributed by atoms with Gasteiger partial charge < -0.3 is 14.6 Å². The summed E-state index contributed by atoms with van der Waals surface area (Å²) < 4.78 is 10.7. The highest BCUT2D eigenvalue weighted by molar-refractivity contribution is 5.70. The number of carbonyl (C=O) groups excluding carboxylic acids is 2. The molecule has 0 saturated carbocycles. The Morgan fingerprint density at radius 2 is 0.629 bits per heavy atom. The summed E-state index contributed by atoms with van der Waals surface area (Å²) in [5, 5.41) is 9.65. The molecule has 0 aliphatic heterocycles. The first-order valence-electron chi connectivity index (χ1n) is 28.4. The molecular weight excluding hydrogens is 861 g/mol. The monoisotopic (exact) mass is 965 g/mol. The van der Waals surface area contributed by atoms with Crippen LogP contribution in [0.3, 0.4) is 0 Å². The quantitative estimate of drug-likeness (QED) is 0.0374. The third-order valence-electron chi connectivity index (χ3n) is 11.6. The van der Waals surface area contributed by atoms with Gasteiger partial charge in [-0.25, -0.2) is 0 Å². The summed E-state index contributed by atoms with van der Waals surface area (Å²) in [6.45, 7) is 3.96. The molecule has 0 radical (unpaired) electrons. The molecule has 0 heterocycles. The molecule has 0 rings (SSSR count). The third-order valence-corrected chi connectivity index (χ3v) is 11.6. The smallest absolute Gasteiger partial charge is 0.306 e.